The maximum Gasteiger partial charge on any atom is 0.276 e. The second-order valence-electron chi connectivity index (χ2n) is 4.66. The Hall–Kier alpha value is -2.47. The predicted octanol–water partition coefficient (Wildman–Crippen LogP) is 0.910. The molecule has 1 aliphatic heterocycles. The second kappa shape index (κ2) is 5.26. The van der Waals surface area contributed by atoms with Gasteiger partial charge in [-0.15, -0.1) is 10.2 Å². The Balaban J connectivity index is 1.66. The van der Waals surface area contributed by atoms with Crippen LogP contribution in [-0.4, -0.2) is 40.4 Å². The Labute approximate surface area is 116 Å². The summed E-state index contributed by atoms with van der Waals surface area (Å²) in [5.74, 6) is 0.380. The first-order chi connectivity index (χ1) is 9.72. The van der Waals surface area contributed by atoms with Crippen molar-refractivity contribution < 1.29 is 9.90 Å². The van der Waals surface area contributed by atoms with E-state index >= 15 is 0 Å². The van der Waals surface area contributed by atoms with Crippen LogP contribution < -0.4 is 10.2 Å². The lowest BCUT2D eigenvalue weighted by Crippen LogP contribution is -2.51. The number of aliphatic hydroxyl groups is 1. The van der Waals surface area contributed by atoms with E-state index in [1.54, 1.807) is 24.3 Å². The molecule has 0 aliphatic carbocycles. The van der Waals surface area contributed by atoms with Crippen LogP contribution in [0.3, 0.4) is 0 Å². The van der Waals surface area contributed by atoms with E-state index in [1.165, 1.54) is 0 Å². The number of rotatable bonds is 3. The van der Waals surface area contributed by atoms with Crippen molar-refractivity contribution in [2.75, 3.05) is 23.3 Å². The average Bonchev–Trinajstić information content (AvgIpc) is 2.45. The fraction of sp³-hybridized carbons (Fsp3) is 0.214. The first-order valence-corrected chi connectivity index (χ1v) is 6.35. The third-order valence-electron chi connectivity index (χ3n) is 3.10. The van der Waals surface area contributed by atoms with Gasteiger partial charge in [-0.25, -0.2) is 0 Å². The molecular weight excluding hydrogens is 256 g/mol. The normalized spacial score (nSPS) is 14.8. The highest BCUT2D eigenvalue weighted by molar-refractivity contribution is 6.02. The first-order valence-electron chi connectivity index (χ1n) is 6.35. The second-order valence-corrected chi connectivity index (χ2v) is 4.66. The van der Waals surface area contributed by atoms with Crippen molar-refractivity contribution in [2.45, 2.75) is 6.10 Å². The van der Waals surface area contributed by atoms with Gasteiger partial charge in [-0.1, -0.05) is 18.2 Å². The van der Waals surface area contributed by atoms with Gasteiger partial charge in [0.05, 0.1) is 6.10 Å². The van der Waals surface area contributed by atoms with E-state index in [-0.39, 0.29) is 17.7 Å². The summed E-state index contributed by atoms with van der Waals surface area (Å²) >= 11 is 0. The quantitative estimate of drug-likeness (QED) is 0.866. The van der Waals surface area contributed by atoms with Crippen molar-refractivity contribution in [3.05, 3.63) is 48.2 Å². The summed E-state index contributed by atoms with van der Waals surface area (Å²) in [6, 6.07) is 12.6. The number of aromatic nitrogens is 2. The van der Waals surface area contributed by atoms with Gasteiger partial charge in [-0.3, -0.25) is 4.79 Å². The molecule has 1 aromatic carbocycles. The Morgan fingerprint density at radius 1 is 1.15 bits per heavy atom. The molecule has 0 spiro atoms. The fourth-order valence-corrected chi connectivity index (χ4v) is 1.97. The molecule has 1 amide bonds. The van der Waals surface area contributed by atoms with Crippen LogP contribution in [0.4, 0.5) is 11.5 Å². The Kier molecular flexibility index (Phi) is 3.30. The number of benzene rings is 1. The number of carbonyl (C=O) groups excluding carboxylic acids is 1. The van der Waals surface area contributed by atoms with Gasteiger partial charge in [-0.2, -0.15) is 0 Å². The number of aliphatic hydroxyl groups excluding tert-OH is 1. The van der Waals surface area contributed by atoms with Gasteiger partial charge < -0.3 is 15.3 Å². The number of amides is 1. The highest BCUT2D eigenvalue weighted by Crippen LogP contribution is 2.17. The number of hydrogen-bond donors (Lipinski definition) is 2. The van der Waals surface area contributed by atoms with E-state index < -0.39 is 0 Å². The molecule has 20 heavy (non-hydrogen) atoms. The summed E-state index contributed by atoms with van der Waals surface area (Å²) in [5, 5.41) is 19.9. The molecule has 1 aliphatic rings. The Morgan fingerprint density at radius 2 is 1.90 bits per heavy atom. The number of nitrogens with one attached hydrogen (secondary N) is 1. The molecule has 2 aromatic rings. The van der Waals surface area contributed by atoms with E-state index in [9.17, 15) is 9.90 Å². The summed E-state index contributed by atoms with van der Waals surface area (Å²) in [5.41, 5.74) is 0.980. The van der Waals surface area contributed by atoms with Crippen molar-refractivity contribution in [3.63, 3.8) is 0 Å². The maximum absolute atomic E-state index is 12.0. The van der Waals surface area contributed by atoms with Crippen LogP contribution in [-0.2, 0) is 0 Å². The molecule has 2 N–H and O–H groups in total. The molecule has 0 bridgehead atoms. The van der Waals surface area contributed by atoms with E-state index in [4.69, 9.17) is 0 Å². The Morgan fingerprint density at radius 3 is 2.50 bits per heavy atom. The number of nitrogens with zero attached hydrogens (tertiary/aromatic N) is 3. The van der Waals surface area contributed by atoms with E-state index in [1.807, 2.05) is 23.1 Å². The van der Waals surface area contributed by atoms with Crippen LogP contribution in [0.2, 0.25) is 0 Å². The monoisotopic (exact) mass is 270 g/mol. The van der Waals surface area contributed by atoms with Crippen LogP contribution in [0, 0.1) is 0 Å². The van der Waals surface area contributed by atoms with Crippen LogP contribution in [0.15, 0.2) is 42.5 Å². The molecule has 0 unspecified atom stereocenters. The highest BCUT2D eigenvalue weighted by atomic mass is 16.3. The number of anilines is 2. The molecule has 0 saturated carbocycles. The molecule has 2 heterocycles. The predicted molar refractivity (Wildman–Crippen MR) is 74.6 cm³/mol. The molecule has 6 heteroatoms. The number of β-amino-alcohol motifs (C(OH)–C–C–N with tert-alkyl or cyclic N) is 1. The largest absolute Gasteiger partial charge is 0.389 e. The molecule has 1 fully saturated rings. The van der Waals surface area contributed by atoms with Crippen LogP contribution in [0.5, 0.6) is 0 Å². The van der Waals surface area contributed by atoms with Gasteiger partial charge in [-0.05, 0) is 24.3 Å². The summed E-state index contributed by atoms with van der Waals surface area (Å²) in [4.78, 5) is 13.9. The summed E-state index contributed by atoms with van der Waals surface area (Å²) in [6.07, 6.45) is -0.294. The number of carbonyl (C=O) groups is 1. The lowest BCUT2D eigenvalue weighted by molar-refractivity contribution is 0.102. The third-order valence-corrected chi connectivity index (χ3v) is 3.10. The molecular formula is C14H14N4O2. The zero-order valence-electron chi connectivity index (χ0n) is 10.7. The lowest BCUT2D eigenvalue weighted by Gasteiger charge is -2.36. The molecule has 0 atom stereocenters. The van der Waals surface area contributed by atoms with Crippen molar-refractivity contribution in [1.82, 2.24) is 10.2 Å². The van der Waals surface area contributed by atoms with Crippen LogP contribution in [0.25, 0.3) is 0 Å². The lowest BCUT2D eigenvalue weighted by atomic mass is 10.2. The zero-order chi connectivity index (χ0) is 13.9. The Bertz CT molecular complexity index is 594. The topological polar surface area (TPSA) is 78.4 Å². The van der Waals surface area contributed by atoms with Crippen molar-refractivity contribution >= 4 is 17.4 Å². The van der Waals surface area contributed by atoms with Crippen LogP contribution in [0.1, 0.15) is 10.5 Å². The minimum Gasteiger partial charge on any atom is -0.389 e. The zero-order valence-corrected chi connectivity index (χ0v) is 10.7. The molecule has 102 valence electrons. The minimum absolute atomic E-state index is 0.263. The summed E-state index contributed by atoms with van der Waals surface area (Å²) in [7, 11) is 0. The molecule has 6 nitrogen and oxygen atoms in total. The maximum atomic E-state index is 12.0. The standard InChI is InChI=1S/C14H14N4O2/c19-11-8-18(9-11)13-7-6-12(16-17-13)14(20)15-10-4-2-1-3-5-10/h1-7,11,19H,8-9H2,(H,15,20). The molecule has 1 aromatic heterocycles. The minimum atomic E-state index is -0.294. The first kappa shape index (κ1) is 12.6. The van der Waals surface area contributed by atoms with Crippen molar-refractivity contribution in [3.8, 4) is 0 Å². The van der Waals surface area contributed by atoms with Gasteiger partial charge >= 0.3 is 0 Å². The van der Waals surface area contributed by atoms with Crippen molar-refractivity contribution in [2.24, 2.45) is 0 Å². The molecule has 0 radical (unpaired) electrons. The number of para-hydroxylation sites is 1. The van der Waals surface area contributed by atoms with Gasteiger partial charge in [0.2, 0.25) is 0 Å². The van der Waals surface area contributed by atoms with Gasteiger partial charge in [0.1, 0.15) is 0 Å². The molecule has 3 rings (SSSR count). The third kappa shape index (κ3) is 2.60. The average molecular weight is 270 g/mol. The SMILES string of the molecule is O=C(Nc1ccccc1)c1ccc(N2CC(O)C2)nn1. The van der Waals surface area contributed by atoms with E-state index in [0.29, 0.717) is 24.6 Å². The van der Waals surface area contributed by atoms with E-state index in [0.717, 1.165) is 0 Å². The summed E-state index contributed by atoms with van der Waals surface area (Å²) < 4.78 is 0. The van der Waals surface area contributed by atoms with Gasteiger partial charge in [0.15, 0.2) is 11.5 Å². The van der Waals surface area contributed by atoms with Crippen LogP contribution >= 0.6 is 0 Å². The smallest absolute Gasteiger partial charge is 0.276 e. The summed E-state index contributed by atoms with van der Waals surface area (Å²) in [6.45, 7) is 1.12. The highest BCUT2D eigenvalue weighted by Gasteiger charge is 2.25. The van der Waals surface area contributed by atoms with Gasteiger partial charge in [0, 0.05) is 18.8 Å². The fourth-order valence-electron chi connectivity index (χ4n) is 1.97. The van der Waals surface area contributed by atoms with Gasteiger partial charge in [0.25, 0.3) is 5.91 Å². The van der Waals surface area contributed by atoms with E-state index in [2.05, 4.69) is 15.5 Å². The van der Waals surface area contributed by atoms with Crippen molar-refractivity contribution in [1.29, 1.82) is 0 Å². The number of hydrogen-bond acceptors (Lipinski definition) is 5. The molecule has 1 saturated heterocycles.